The van der Waals surface area contributed by atoms with Gasteiger partial charge in [0.25, 0.3) is 0 Å². The molecule has 0 aromatic heterocycles. The SMILES string of the molecule is FC(F)(F)C(OCCC1CCCCN1)C(F)(F)F. The second-order valence-electron chi connectivity index (χ2n) is 4.27. The summed E-state index contributed by atoms with van der Waals surface area (Å²) in [5.74, 6) is 0. The summed E-state index contributed by atoms with van der Waals surface area (Å²) >= 11 is 0. The van der Waals surface area contributed by atoms with Crippen LogP contribution in [0.15, 0.2) is 0 Å². The average Bonchev–Trinajstić information content (AvgIpc) is 2.22. The summed E-state index contributed by atoms with van der Waals surface area (Å²) in [6, 6.07) is -0.0548. The minimum Gasteiger partial charge on any atom is -0.361 e. The zero-order valence-corrected chi connectivity index (χ0v) is 9.57. The lowest BCUT2D eigenvalue weighted by molar-refractivity contribution is -0.322. The van der Waals surface area contributed by atoms with E-state index < -0.39 is 25.1 Å². The predicted octanol–water partition coefficient (Wildman–Crippen LogP) is 3.03. The molecule has 1 N–H and O–H groups in total. The van der Waals surface area contributed by atoms with Crippen LogP contribution in [0.4, 0.5) is 26.3 Å². The van der Waals surface area contributed by atoms with Gasteiger partial charge in [-0.15, -0.1) is 0 Å². The molecular formula is C10H15F6NO. The Hall–Kier alpha value is -0.500. The first-order valence-corrected chi connectivity index (χ1v) is 5.69. The van der Waals surface area contributed by atoms with Gasteiger partial charge in [0.1, 0.15) is 0 Å². The van der Waals surface area contributed by atoms with E-state index in [9.17, 15) is 26.3 Å². The number of hydrogen-bond acceptors (Lipinski definition) is 2. The zero-order chi connectivity index (χ0) is 13.8. The van der Waals surface area contributed by atoms with Crippen molar-refractivity contribution < 1.29 is 31.1 Å². The van der Waals surface area contributed by atoms with E-state index in [2.05, 4.69) is 10.1 Å². The van der Waals surface area contributed by atoms with Crippen LogP contribution >= 0.6 is 0 Å². The highest BCUT2D eigenvalue weighted by atomic mass is 19.4. The predicted molar refractivity (Wildman–Crippen MR) is 52.1 cm³/mol. The van der Waals surface area contributed by atoms with Gasteiger partial charge >= 0.3 is 12.4 Å². The van der Waals surface area contributed by atoms with Crippen molar-refractivity contribution in [3.05, 3.63) is 0 Å². The van der Waals surface area contributed by atoms with E-state index >= 15 is 0 Å². The second kappa shape index (κ2) is 6.10. The lowest BCUT2D eigenvalue weighted by atomic mass is 10.0. The Kier molecular flexibility index (Phi) is 5.27. The summed E-state index contributed by atoms with van der Waals surface area (Å²) in [7, 11) is 0. The van der Waals surface area contributed by atoms with Crippen molar-refractivity contribution in [1.82, 2.24) is 5.32 Å². The maximum Gasteiger partial charge on any atom is 0.423 e. The second-order valence-corrected chi connectivity index (χ2v) is 4.27. The largest absolute Gasteiger partial charge is 0.423 e. The normalized spacial score (nSPS) is 22.5. The number of alkyl halides is 6. The van der Waals surface area contributed by atoms with E-state index in [0.29, 0.717) is 0 Å². The summed E-state index contributed by atoms with van der Waals surface area (Å²) in [6.07, 6.45) is -11.7. The molecule has 0 aromatic rings. The Morgan fingerprint density at radius 2 is 1.67 bits per heavy atom. The molecule has 1 aliphatic heterocycles. The quantitative estimate of drug-likeness (QED) is 0.799. The van der Waals surface area contributed by atoms with Crippen LogP contribution in [-0.2, 0) is 4.74 Å². The van der Waals surface area contributed by atoms with Crippen LogP contribution in [0.5, 0.6) is 0 Å². The molecule has 8 heteroatoms. The number of hydrogen-bond donors (Lipinski definition) is 1. The minimum atomic E-state index is -5.42. The molecule has 0 aromatic carbocycles. The van der Waals surface area contributed by atoms with Gasteiger partial charge in [0, 0.05) is 12.6 Å². The van der Waals surface area contributed by atoms with Gasteiger partial charge in [0.2, 0.25) is 6.10 Å². The molecule has 0 radical (unpaired) electrons. The molecule has 1 unspecified atom stereocenters. The van der Waals surface area contributed by atoms with Gasteiger partial charge in [-0.3, -0.25) is 0 Å². The molecule has 0 aliphatic carbocycles. The van der Waals surface area contributed by atoms with Gasteiger partial charge in [-0.05, 0) is 25.8 Å². The molecule has 1 rings (SSSR count). The molecule has 1 atom stereocenters. The highest BCUT2D eigenvalue weighted by Crippen LogP contribution is 2.35. The molecule has 0 amide bonds. The maximum atomic E-state index is 12.1. The number of piperidine rings is 1. The van der Waals surface area contributed by atoms with E-state index in [4.69, 9.17) is 0 Å². The standard InChI is InChI=1S/C10H15F6NO/c11-9(12,13)8(10(14,15)16)18-6-4-7-3-1-2-5-17-7/h7-8,17H,1-6H2. The van der Waals surface area contributed by atoms with Gasteiger partial charge < -0.3 is 10.1 Å². The van der Waals surface area contributed by atoms with Crippen molar-refractivity contribution in [3.63, 3.8) is 0 Å². The third-order valence-corrected chi connectivity index (χ3v) is 2.76. The molecule has 1 saturated heterocycles. The van der Waals surface area contributed by atoms with E-state index in [1.165, 1.54) is 0 Å². The van der Waals surface area contributed by atoms with Crippen molar-refractivity contribution in [1.29, 1.82) is 0 Å². The van der Waals surface area contributed by atoms with Crippen LogP contribution < -0.4 is 5.32 Å². The summed E-state index contributed by atoms with van der Waals surface area (Å²) in [6.45, 7) is 0.188. The van der Waals surface area contributed by atoms with Gasteiger partial charge in [-0.1, -0.05) is 6.42 Å². The molecule has 18 heavy (non-hydrogen) atoms. The van der Waals surface area contributed by atoms with Crippen molar-refractivity contribution >= 4 is 0 Å². The average molecular weight is 279 g/mol. The Bertz CT molecular complexity index is 232. The third-order valence-electron chi connectivity index (χ3n) is 2.76. The number of halogens is 6. The topological polar surface area (TPSA) is 21.3 Å². The van der Waals surface area contributed by atoms with Crippen molar-refractivity contribution in [3.8, 4) is 0 Å². The van der Waals surface area contributed by atoms with Crippen LogP contribution in [0.2, 0.25) is 0 Å². The summed E-state index contributed by atoms with van der Waals surface area (Å²) in [4.78, 5) is 0. The van der Waals surface area contributed by atoms with E-state index in [0.717, 1.165) is 25.8 Å². The van der Waals surface area contributed by atoms with Gasteiger partial charge in [-0.2, -0.15) is 26.3 Å². The number of ether oxygens (including phenoxy) is 1. The fourth-order valence-corrected chi connectivity index (χ4v) is 1.87. The first kappa shape index (κ1) is 15.6. The third kappa shape index (κ3) is 5.01. The molecule has 0 bridgehead atoms. The van der Waals surface area contributed by atoms with Crippen molar-refractivity contribution in [2.24, 2.45) is 0 Å². The Morgan fingerprint density at radius 3 is 2.11 bits per heavy atom. The Balaban J connectivity index is 2.38. The van der Waals surface area contributed by atoms with Crippen molar-refractivity contribution in [2.45, 2.75) is 50.2 Å². The summed E-state index contributed by atoms with van der Waals surface area (Å²) < 4.78 is 76.7. The first-order chi connectivity index (χ1) is 8.21. The molecule has 1 aliphatic rings. The van der Waals surface area contributed by atoms with E-state index in [1.54, 1.807) is 0 Å². The Morgan fingerprint density at radius 1 is 1.06 bits per heavy atom. The maximum absolute atomic E-state index is 12.1. The molecule has 108 valence electrons. The van der Waals surface area contributed by atoms with Crippen LogP contribution in [0.25, 0.3) is 0 Å². The van der Waals surface area contributed by atoms with Crippen LogP contribution in [-0.4, -0.2) is 37.7 Å². The summed E-state index contributed by atoms with van der Waals surface area (Å²) in [5.41, 5.74) is 0. The summed E-state index contributed by atoms with van der Waals surface area (Å²) in [5, 5.41) is 3.03. The molecular weight excluding hydrogens is 264 g/mol. The fourth-order valence-electron chi connectivity index (χ4n) is 1.87. The van der Waals surface area contributed by atoms with Gasteiger partial charge in [-0.25, -0.2) is 0 Å². The zero-order valence-electron chi connectivity index (χ0n) is 9.57. The van der Waals surface area contributed by atoms with E-state index in [-0.39, 0.29) is 12.5 Å². The molecule has 2 nitrogen and oxygen atoms in total. The smallest absolute Gasteiger partial charge is 0.361 e. The van der Waals surface area contributed by atoms with Gasteiger partial charge in [0.15, 0.2) is 0 Å². The molecule has 0 saturated carbocycles. The Labute approximate surface area is 101 Å². The van der Waals surface area contributed by atoms with Gasteiger partial charge in [0.05, 0.1) is 0 Å². The highest BCUT2D eigenvalue weighted by Gasteiger charge is 2.57. The highest BCUT2D eigenvalue weighted by molar-refractivity contribution is 4.77. The van der Waals surface area contributed by atoms with Crippen LogP contribution in [0.1, 0.15) is 25.7 Å². The molecule has 1 fully saturated rings. The molecule has 0 spiro atoms. The first-order valence-electron chi connectivity index (χ1n) is 5.69. The number of rotatable bonds is 4. The van der Waals surface area contributed by atoms with Crippen LogP contribution in [0.3, 0.4) is 0 Å². The minimum absolute atomic E-state index is 0.0548. The van der Waals surface area contributed by atoms with Crippen molar-refractivity contribution in [2.75, 3.05) is 13.2 Å². The molecule has 1 heterocycles. The van der Waals surface area contributed by atoms with E-state index in [1.807, 2.05) is 0 Å². The fraction of sp³-hybridized carbons (Fsp3) is 1.00. The lowest BCUT2D eigenvalue weighted by Crippen LogP contribution is -2.45. The number of nitrogens with one attached hydrogen (secondary N) is 1. The van der Waals surface area contributed by atoms with Crippen LogP contribution in [0, 0.1) is 0 Å². The lowest BCUT2D eigenvalue weighted by Gasteiger charge is -2.26. The monoisotopic (exact) mass is 279 g/mol.